The second kappa shape index (κ2) is 11.8. The summed E-state index contributed by atoms with van der Waals surface area (Å²) < 4.78 is 15.8. The van der Waals surface area contributed by atoms with Gasteiger partial charge in [0.2, 0.25) is 0 Å². The lowest BCUT2D eigenvalue weighted by Crippen LogP contribution is -2.10. The minimum absolute atomic E-state index is 0.839. The van der Waals surface area contributed by atoms with E-state index in [2.05, 4.69) is 179 Å². The molecule has 0 aliphatic heterocycles. The van der Waals surface area contributed by atoms with Crippen molar-refractivity contribution in [2.75, 3.05) is 4.90 Å². The van der Waals surface area contributed by atoms with Gasteiger partial charge in [-0.3, -0.25) is 0 Å². The number of hydrogen-bond donors (Lipinski definition) is 0. The molecule has 3 heterocycles. The van der Waals surface area contributed by atoms with Crippen LogP contribution in [0, 0.1) is 0 Å². The first-order valence-corrected chi connectivity index (χ1v) is 20.5. The summed E-state index contributed by atoms with van der Waals surface area (Å²) in [7, 11) is 0. The molecule has 4 heteroatoms. The Balaban J connectivity index is 0.924. The van der Waals surface area contributed by atoms with E-state index in [-0.39, 0.29) is 0 Å². The van der Waals surface area contributed by atoms with Crippen molar-refractivity contribution in [3.8, 4) is 27.9 Å². The first-order valence-electron chi connectivity index (χ1n) is 20.5. The number of para-hydroxylation sites is 6. The van der Waals surface area contributed by atoms with Gasteiger partial charge in [-0.25, -0.2) is 0 Å². The summed E-state index contributed by atoms with van der Waals surface area (Å²) in [4.78, 5) is 2.31. The van der Waals surface area contributed by atoms with Gasteiger partial charge in [-0.1, -0.05) is 109 Å². The SMILES string of the molecule is c1ccc2c(c1)oc1c(N(c3ccc4cc5c(cc4c3)-c3cc4ccc(-n6c7ccccc7c7ccccc76)cc4cc3-5)c3cccc4c3oc3ccccc34)cccc12. The zero-order valence-electron chi connectivity index (χ0n) is 32.2. The van der Waals surface area contributed by atoms with Crippen molar-refractivity contribution >= 4 is 104 Å². The highest BCUT2D eigenvalue weighted by atomic mass is 16.3. The van der Waals surface area contributed by atoms with Crippen molar-refractivity contribution in [3.05, 3.63) is 194 Å². The van der Waals surface area contributed by atoms with Gasteiger partial charge < -0.3 is 18.3 Å². The van der Waals surface area contributed by atoms with Crippen LogP contribution in [0.4, 0.5) is 17.1 Å². The average Bonchev–Trinajstić information content (AvgIpc) is 3.98. The van der Waals surface area contributed by atoms with Gasteiger partial charge in [0.25, 0.3) is 0 Å². The van der Waals surface area contributed by atoms with E-state index in [4.69, 9.17) is 8.83 Å². The van der Waals surface area contributed by atoms with Crippen LogP contribution < -0.4 is 4.90 Å². The highest BCUT2D eigenvalue weighted by Gasteiger charge is 2.26. The minimum atomic E-state index is 0.839. The third-order valence-electron chi connectivity index (χ3n) is 12.8. The van der Waals surface area contributed by atoms with Crippen LogP contribution in [-0.2, 0) is 0 Å². The van der Waals surface area contributed by atoms with E-state index < -0.39 is 0 Å². The van der Waals surface area contributed by atoms with E-state index in [9.17, 15) is 0 Å². The van der Waals surface area contributed by atoms with E-state index >= 15 is 0 Å². The number of nitrogens with zero attached hydrogens (tertiary/aromatic N) is 2. The molecule has 0 amide bonds. The zero-order valence-corrected chi connectivity index (χ0v) is 32.2. The number of benzene rings is 10. The maximum Gasteiger partial charge on any atom is 0.159 e. The number of fused-ring (bicyclic) bond motifs is 15. The predicted molar refractivity (Wildman–Crippen MR) is 249 cm³/mol. The number of furan rings is 2. The van der Waals surface area contributed by atoms with Crippen molar-refractivity contribution in [1.29, 1.82) is 0 Å². The third-order valence-corrected chi connectivity index (χ3v) is 12.8. The lowest BCUT2D eigenvalue weighted by Gasteiger charge is -2.28. The Kier molecular flexibility index (Phi) is 6.26. The van der Waals surface area contributed by atoms with Crippen LogP contribution in [0.25, 0.3) is 115 Å². The Morgan fingerprint density at radius 1 is 0.333 bits per heavy atom. The number of hydrogen-bond acceptors (Lipinski definition) is 3. The quantitative estimate of drug-likeness (QED) is 0.179. The second-order valence-corrected chi connectivity index (χ2v) is 16.1. The van der Waals surface area contributed by atoms with Crippen molar-refractivity contribution in [2.45, 2.75) is 0 Å². The predicted octanol–water partition coefficient (Wildman–Crippen LogP) is 16.0. The van der Waals surface area contributed by atoms with Crippen LogP contribution in [0.1, 0.15) is 0 Å². The van der Waals surface area contributed by atoms with Gasteiger partial charge in [0.05, 0.1) is 22.4 Å². The van der Waals surface area contributed by atoms with Crippen LogP contribution in [0.15, 0.2) is 203 Å². The largest absolute Gasteiger partial charge is 0.454 e. The molecule has 10 aromatic carbocycles. The minimum Gasteiger partial charge on any atom is -0.454 e. The molecule has 14 rings (SSSR count). The molecule has 0 bridgehead atoms. The summed E-state index contributed by atoms with van der Waals surface area (Å²) >= 11 is 0. The third kappa shape index (κ3) is 4.34. The van der Waals surface area contributed by atoms with Crippen LogP contribution in [0.5, 0.6) is 0 Å². The van der Waals surface area contributed by atoms with Crippen molar-refractivity contribution < 1.29 is 8.83 Å². The van der Waals surface area contributed by atoms with Gasteiger partial charge in [-0.2, -0.15) is 0 Å². The first-order chi connectivity index (χ1) is 29.7. The first kappa shape index (κ1) is 31.9. The molecular formula is C56H32N2O2. The molecule has 0 saturated heterocycles. The van der Waals surface area contributed by atoms with Gasteiger partial charge >= 0.3 is 0 Å². The molecule has 1 aliphatic rings. The summed E-state index contributed by atoms with van der Waals surface area (Å²) in [5, 5.41) is 11.8. The average molecular weight is 765 g/mol. The van der Waals surface area contributed by atoms with Crippen LogP contribution in [-0.4, -0.2) is 4.57 Å². The topological polar surface area (TPSA) is 34.5 Å². The summed E-state index contributed by atoms with van der Waals surface area (Å²) in [5.74, 6) is 0. The van der Waals surface area contributed by atoms with E-state index in [1.165, 1.54) is 71.3 Å². The number of rotatable bonds is 4. The summed E-state index contributed by atoms with van der Waals surface area (Å²) in [6, 6.07) is 70.0. The van der Waals surface area contributed by atoms with Gasteiger partial charge in [-0.15, -0.1) is 0 Å². The van der Waals surface area contributed by atoms with Gasteiger partial charge in [0, 0.05) is 43.7 Å². The molecule has 13 aromatic rings. The van der Waals surface area contributed by atoms with E-state index in [0.717, 1.165) is 60.9 Å². The summed E-state index contributed by atoms with van der Waals surface area (Å²) in [6.07, 6.45) is 0. The molecule has 0 radical (unpaired) electrons. The molecule has 3 aromatic heterocycles. The maximum absolute atomic E-state index is 6.68. The van der Waals surface area contributed by atoms with E-state index in [1.807, 2.05) is 24.3 Å². The van der Waals surface area contributed by atoms with Crippen molar-refractivity contribution in [2.24, 2.45) is 0 Å². The van der Waals surface area contributed by atoms with Crippen LogP contribution in [0.3, 0.4) is 0 Å². The molecule has 0 unspecified atom stereocenters. The molecule has 4 nitrogen and oxygen atoms in total. The lowest BCUT2D eigenvalue weighted by atomic mass is 9.78. The maximum atomic E-state index is 6.68. The molecule has 1 aliphatic carbocycles. The Labute approximate surface area is 343 Å². The Morgan fingerprint density at radius 2 is 0.783 bits per heavy atom. The van der Waals surface area contributed by atoms with Gasteiger partial charge in [-0.05, 0) is 129 Å². The molecular weight excluding hydrogens is 733 g/mol. The molecule has 0 atom stereocenters. The Bertz CT molecular complexity index is 3810. The number of aromatic nitrogens is 1. The molecule has 278 valence electrons. The van der Waals surface area contributed by atoms with Gasteiger partial charge in [0.1, 0.15) is 11.2 Å². The molecule has 60 heavy (non-hydrogen) atoms. The summed E-state index contributed by atoms with van der Waals surface area (Å²) in [6.45, 7) is 0. The molecule has 0 N–H and O–H groups in total. The molecule has 0 spiro atoms. The highest BCUT2D eigenvalue weighted by molar-refractivity contribution is 6.16. The molecule has 0 saturated carbocycles. The number of anilines is 3. The van der Waals surface area contributed by atoms with E-state index in [0.29, 0.717) is 0 Å². The monoisotopic (exact) mass is 764 g/mol. The van der Waals surface area contributed by atoms with Crippen LogP contribution in [0.2, 0.25) is 0 Å². The molecule has 0 fully saturated rings. The zero-order chi connectivity index (χ0) is 39.1. The van der Waals surface area contributed by atoms with Crippen molar-refractivity contribution in [3.63, 3.8) is 0 Å². The van der Waals surface area contributed by atoms with Crippen molar-refractivity contribution in [1.82, 2.24) is 4.57 Å². The smallest absolute Gasteiger partial charge is 0.159 e. The van der Waals surface area contributed by atoms with Gasteiger partial charge in [0.15, 0.2) is 11.2 Å². The fourth-order valence-electron chi connectivity index (χ4n) is 10.1. The Hall–Kier alpha value is -8.08. The summed E-state index contributed by atoms with van der Waals surface area (Å²) in [5.41, 5.74) is 15.2. The second-order valence-electron chi connectivity index (χ2n) is 16.1. The lowest BCUT2D eigenvalue weighted by molar-refractivity contribution is 0.666. The standard InChI is InChI=1S/C56H32N2O2/c1-5-17-49-39(11-1)40-12-2-6-18-50(40)57(49)37-25-23-33-29-45-47(31-35(33)27-37)46-30-34-24-26-38(28-36(34)32-48(45)46)58(51-19-9-15-43-41-13-3-7-21-53(41)59-55(43)51)52-20-10-16-44-42-14-4-8-22-54(42)60-56(44)52/h1-32H. The highest BCUT2D eigenvalue weighted by Crippen LogP contribution is 2.52. The fraction of sp³-hybridized carbons (Fsp3) is 0. The van der Waals surface area contributed by atoms with E-state index in [1.54, 1.807) is 0 Å². The fourth-order valence-corrected chi connectivity index (χ4v) is 10.1. The normalized spacial score (nSPS) is 12.3. The Morgan fingerprint density at radius 3 is 1.35 bits per heavy atom. The van der Waals surface area contributed by atoms with Crippen LogP contribution >= 0.6 is 0 Å².